The Bertz CT molecular complexity index is 953. The molecule has 2 heterocycles. The average molecular weight is 515 g/mol. The second-order valence-corrected chi connectivity index (χ2v) is 7.53. The van der Waals surface area contributed by atoms with E-state index in [-0.39, 0.29) is 47.0 Å². The maximum absolute atomic E-state index is 12.9. The number of alkyl halides is 5. The van der Waals surface area contributed by atoms with Gasteiger partial charge in [0, 0.05) is 23.2 Å². The van der Waals surface area contributed by atoms with E-state index in [1.54, 1.807) is 0 Å². The molecule has 1 fully saturated rings. The number of rotatable bonds is 10. The fraction of sp³-hybridized carbons (Fsp3) is 0.526. The lowest BCUT2D eigenvalue weighted by molar-refractivity contribution is -0.325. The molecule has 0 aliphatic carbocycles. The maximum Gasteiger partial charge on any atom is 0.522 e. The van der Waals surface area contributed by atoms with Crippen molar-refractivity contribution >= 4 is 17.5 Å². The van der Waals surface area contributed by atoms with Crippen LogP contribution < -0.4 is 20.1 Å². The molecule has 0 unspecified atom stereocenters. The molecule has 1 aliphatic heterocycles. The topological polar surface area (TPSA) is 108 Å². The third-order valence-corrected chi connectivity index (χ3v) is 4.99. The SMILES string of the molecule is O=C(COc1ccc(Cl)c(C(F)F)c1)N[C@H]1CC[C@H](c2nnc(OCCOC(F)(F)F)o2)NC1. The van der Waals surface area contributed by atoms with Crippen LogP contribution in [0.3, 0.4) is 0 Å². The highest BCUT2D eigenvalue weighted by molar-refractivity contribution is 6.31. The minimum absolute atomic E-state index is 0.0926. The van der Waals surface area contributed by atoms with Crippen molar-refractivity contribution in [2.75, 3.05) is 26.4 Å². The van der Waals surface area contributed by atoms with Gasteiger partial charge in [-0.25, -0.2) is 8.78 Å². The fourth-order valence-corrected chi connectivity index (χ4v) is 3.29. The number of hydrogen-bond donors (Lipinski definition) is 2. The zero-order valence-electron chi connectivity index (χ0n) is 17.4. The molecule has 188 valence electrons. The first-order valence-corrected chi connectivity index (χ1v) is 10.4. The van der Waals surface area contributed by atoms with Crippen LogP contribution in [0.4, 0.5) is 22.0 Å². The molecule has 1 aliphatic rings. The number of halogens is 6. The van der Waals surface area contributed by atoms with Gasteiger partial charge in [0.05, 0.1) is 12.6 Å². The molecule has 0 bridgehead atoms. The van der Waals surface area contributed by atoms with Crippen molar-refractivity contribution < 1.29 is 45.4 Å². The Kier molecular flexibility index (Phi) is 8.85. The van der Waals surface area contributed by atoms with Gasteiger partial charge in [-0.3, -0.25) is 9.53 Å². The number of nitrogens with zero attached hydrogens (tertiary/aromatic N) is 2. The molecule has 1 aromatic heterocycles. The Labute approximate surface area is 194 Å². The number of piperidine rings is 1. The van der Waals surface area contributed by atoms with Gasteiger partial charge in [0.2, 0.25) is 5.89 Å². The molecule has 1 amide bonds. The molecule has 0 radical (unpaired) electrons. The summed E-state index contributed by atoms with van der Waals surface area (Å²) < 4.78 is 80.6. The minimum Gasteiger partial charge on any atom is -0.484 e. The molecule has 9 nitrogen and oxygen atoms in total. The molecule has 2 aromatic rings. The summed E-state index contributed by atoms with van der Waals surface area (Å²) in [5, 5.41) is 13.2. The highest BCUT2D eigenvalue weighted by Gasteiger charge is 2.29. The normalized spacial score (nSPS) is 18.7. The maximum atomic E-state index is 12.9. The molecule has 34 heavy (non-hydrogen) atoms. The first-order valence-electron chi connectivity index (χ1n) is 10.0. The monoisotopic (exact) mass is 514 g/mol. The van der Waals surface area contributed by atoms with Gasteiger partial charge in [-0.1, -0.05) is 16.7 Å². The van der Waals surface area contributed by atoms with E-state index in [0.717, 1.165) is 6.07 Å². The van der Waals surface area contributed by atoms with Crippen LogP contribution in [0.5, 0.6) is 11.8 Å². The molecular weight excluding hydrogens is 495 g/mol. The predicted molar refractivity (Wildman–Crippen MR) is 106 cm³/mol. The van der Waals surface area contributed by atoms with Crippen molar-refractivity contribution in [2.45, 2.75) is 37.7 Å². The van der Waals surface area contributed by atoms with E-state index in [2.05, 4.69) is 25.6 Å². The second-order valence-electron chi connectivity index (χ2n) is 7.12. The van der Waals surface area contributed by atoms with Crippen molar-refractivity contribution in [1.82, 2.24) is 20.8 Å². The molecular formula is C19H20ClF5N4O5. The van der Waals surface area contributed by atoms with Crippen LogP contribution in [0.25, 0.3) is 0 Å². The smallest absolute Gasteiger partial charge is 0.484 e. The molecule has 15 heteroatoms. The van der Waals surface area contributed by atoms with Crippen molar-refractivity contribution in [1.29, 1.82) is 0 Å². The summed E-state index contributed by atoms with van der Waals surface area (Å²) in [4.78, 5) is 12.1. The van der Waals surface area contributed by atoms with Crippen molar-refractivity contribution in [2.24, 2.45) is 0 Å². The van der Waals surface area contributed by atoms with Crippen LogP contribution in [-0.4, -0.2) is 54.9 Å². The van der Waals surface area contributed by atoms with Gasteiger partial charge in [-0.2, -0.15) is 0 Å². The minimum atomic E-state index is -4.75. The summed E-state index contributed by atoms with van der Waals surface area (Å²) in [7, 11) is 0. The number of hydrogen-bond acceptors (Lipinski definition) is 8. The zero-order chi connectivity index (χ0) is 24.7. The summed E-state index contributed by atoms with van der Waals surface area (Å²) in [5.41, 5.74) is -0.383. The Morgan fingerprint density at radius 3 is 2.71 bits per heavy atom. The van der Waals surface area contributed by atoms with E-state index < -0.39 is 31.9 Å². The van der Waals surface area contributed by atoms with E-state index >= 15 is 0 Å². The fourth-order valence-electron chi connectivity index (χ4n) is 3.09. The van der Waals surface area contributed by atoms with E-state index in [1.807, 2.05) is 0 Å². The largest absolute Gasteiger partial charge is 0.522 e. The van der Waals surface area contributed by atoms with Crippen LogP contribution >= 0.6 is 11.6 Å². The number of benzene rings is 1. The van der Waals surface area contributed by atoms with Crippen LogP contribution in [-0.2, 0) is 9.53 Å². The third-order valence-electron chi connectivity index (χ3n) is 4.65. The number of aromatic nitrogens is 2. The number of carbonyl (C=O) groups excluding carboxylic acids is 1. The standard InChI is InChI=1S/C19H20ClF5N4O5/c20-13-3-2-11(7-12(13)16(21)22)32-9-15(30)27-10-1-4-14(26-8-10)17-28-29-18(34-17)31-5-6-33-19(23,24)25/h2-3,7,10,14,16,26H,1,4-6,8-9H2,(H,27,30)/t10-,14+/m0/s1. The first-order chi connectivity index (χ1) is 16.1. The lowest BCUT2D eigenvalue weighted by Gasteiger charge is -2.28. The van der Waals surface area contributed by atoms with Crippen molar-refractivity contribution in [3.05, 3.63) is 34.7 Å². The summed E-state index contributed by atoms with van der Waals surface area (Å²) in [6.07, 6.45) is -6.73. The van der Waals surface area contributed by atoms with Gasteiger partial charge in [-0.15, -0.1) is 18.3 Å². The van der Waals surface area contributed by atoms with E-state index in [0.29, 0.717) is 19.4 Å². The predicted octanol–water partition coefficient (Wildman–Crippen LogP) is 3.56. The van der Waals surface area contributed by atoms with Crippen LogP contribution in [0, 0.1) is 0 Å². The summed E-state index contributed by atoms with van der Waals surface area (Å²) in [6.45, 7) is -1.15. The van der Waals surface area contributed by atoms with E-state index in [4.69, 9.17) is 25.5 Å². The molecule has 1 aromatic carbocycles. The lowest BCUT2D eigenvalue weighted by Crippen LogP contribution is -2.48. The highest BCUT2D eigenvalue weighted by Crippen LogP contribution is 2.30. The Morgan fingerprint density at radius 1 is 1.24 bits per heavy atom. The summed E-state index contributed by atoms with van der Waals surface area (Å²) in [5.74, 6) is -0.151. The van der Waals surface area contributed by atoms with E-state index in [1.165, 1.54) is 12.1 Å². The number of carbonyl (C=O) groups is 1. The molecule has 3 rings (SSSR count). The van der Waals surface area contributed by atoms with Crippen molar-refractivity contribution in [3.8, 4) is 11.8 Å². The van der Waals surface area contributed by atoms with Gasteiger partial charge in [0.25, 0.3) is 12.3 Å². The molecule has 2 N–H and O–H groups in total. The number of ether oxygens (including phenoxy) is 3. The molecule has 2 atom stereocenters. The molecule has 1 saturated heterocycles. The van der Waals surface area contributed by atoms with Crippen LogP contribution in [0.15, 0.2) is 22.6 Å². The lowest BCUT2D eigenvalue weighted by atomic mass is 10.0. The summed E-state index contributed by atoms with van der Waals surface area (Å²) in [6, 6.07) is 3.18. The number of nitrogens with one attached hydrogen (secondary N) is 2. The van der Waals surface area contributed by atoms with Gasteiger partial charge in [-0.05, 0) is 31.0 Å². The average Bonchev–Trinajstić information content (AvgIpc) is 3.25. The Hall–Kier alpha value is -2.71. The zero-order valence-corrected chi connectivity index (χ0v) is 18.2. The van der Waals surface area contributed by atoms with Gasteiger partial charge < -0.3 is 24.5 Å². The second kappa shape index (κ2) is 11.6. The third kappa shape index (κ3) is 7.95. The van der Waals surface area contributed by atoms with Gasteiger partial charge >= 0.3 is 12.4 Å². The van der Waals surface area contributed by atoms with Gasteiger partial charge in [0.1, 0.15) is 12.4 Å². The molecule has 0 spiro atoms. The molecule has 0 saturated carbocycles. The highest BCUT2D eigenvalue weighted by atomic mass is 35.5. The Balaban J connectivity index is 1.38. The van der Waals surface area contributed by atoms with E-state index in [9.17, 15) is 26.7 Å². The first kappa shape index (κ1) is 25.9. The van der Waals surface area contributed by atoms with Crippen LogP contribution in [0.2, 0.25) is 5.02 Å². The van der Waals surface area contributed by atoms with Crippen LogP contribution in [0.1, 0.15) is 36.8 Å². The Morgan fingerprint density at radius 2 is 2.03 bits per heavy atom. The number of amides is 1. The quantitative estimate of drug-likeness (QED) is 0.366. The summed E-state index contributed by atoms with van der Waals surface area (Å²) >= 11 is 5.70. The van der Waals surface area contributed by atoms with Crippen molar-refractivity contribution in [3.63, 3.8) is 0 Å². The van der Waals surface area contributed by atoms with Gasteiger partial charge in [0.15, 0.2) is 6.61 Å².